The zero-order valence-corrected chi connectivity index (χ0v) is 7.29. The molecule has 0 bridgehead atoms. The highest BCUT2D eigenvalue weighted by molar-refractivity contribution is 5.72. The largest absolute Gasteiger partial charge is 0.434 e. The summed E-state index contributed by atoms with van der Waals surface area (Å²) in [7, 11) is 0. The Morgan fingerprint density at radius 1 is 1.75 bits per heavy atom. The Morgan fingerprint density at radius 3 is 3.00 bits per heavy atom. The fourth-order valence-electron chi connectivity index (χ4n) is 1.06. The van der Waals surface area contributed by atoms with E-state index < -0.39 is 6.29 Å². The molecule has 0 amide bonds. The Morgan fingerprint density at radius 2 is 2.50 bits per heavy atom. The minimum atomic E-state index is -0.510. The second-order valence-corrected chi connectivity index (χ2v) is 2.95. The number of ether oxygens (including phenoxy) is 2. The van der Waals surface area contributed by atoms with Crippen LogP contribution in [0.4, 0.5) is 0 Å². The van der Waals surface area contributed by atoms with Gasteiger partial charge in [-0.15, -0.1) is 0 Å². The summed E-state index contributed by atoms with van der Waals surface area (Å²) < 4.78 is 10.1. The zero-order chi connectivity index (χ0) is 8.97. The standard InChI is InChI=1S/C8H15NO3/c1-2-3-4-11-8-6(9)5-7(10)12-8/h6,8H,2-5,9H2,1H3. The van der Waals surface area contributed by atoms with Crippen molar-refractivity contribution >= 4 is 5.97 Å². The van der Waals surface area contributed by atoms with Crippen molar-refractivity contribution in [3.8, 4) is 0 Å². The van der Waals surface area contributed by atoms with Crippen LogP contribution in [-0.4, -0.2) is 24.9 Å². The summed E-state index contributed by atoms with van der Waals surface area (Å²) >= 11 is 0. The van der Waals surface area contributed by atoms with Gasteiger partial charge in [-0.25, -0.2) is 0 Å². The Hall–Kier alpha value is -0.610. The molecule has 2 atom stereocenters. The lowest BCUT2D eigenvalue weighted by Crippen LogP contribution is -2.32. The third-order valence-electron chi connectivity index (χ3n) is 1.78. The Labute approximate surface area is 72.0 Å². The summed E-state index contributed by atoms with van der Waals surface area (Å²) in [5.74, 6) is -0.260. The number of carbonyl (C=O) groups excluding carboxylic acids is 1. The van der Waals surface area contributed by atoms with E-state index in [0.717, 1.165) is 12.8 Å². The van der Waals surface area contributed by atoms with Crippen LogP contribution in [0.2, 0.25) is 0 Å². The maximum Gasteiger partial charge on any atom is 0.309 e. The van der Waals surface area contributed by atoms with Crippen LogP contribution in [0.1, 0.15) is 26.2 Å². The highest BCUT2D eigenvalue weighted by Gasteiger charge is 2.32. The van der Waals surface area contributed by atoms with Crippen LogP contribution in [-0.2, 0) is 14.3 Å². The minimum Gasteiger partial charge on any atom is -0.434 e. The van der Waals surface area contributed by atoms with Gasteiger partial charge in [-0.2, -0.15) is 0 Å². The van der Waals surface area contributed by atoms with Crippen LogP contribution in [0.3, 0.4) is 0 Å². The van der Waals surface area contributed by atoms with Crippen LogP contribution in [0.25, 0.3) is 0 Å². The van der Waals surface area contributed by atoms with E-state index in [1.165, 1.54) is 0 Å². The number of esters is 1. The fraction of sp³-hybridized carbons (Fsp3) is 0.875. The van der Waals surface area contributed by atoms with Gasteiger partial charge in [-0.1, -0.05) is 13.3 Å². The van der Waals surface area contributed by atoms with Gasteiger partial charge in [-0.3, -0.25) is 4.79 Å². The zero-order valence-electron chi connectivity index (χ0n) is 7.29. The molecule has 0 aromatic heterocycles. The molecule has 1 fully saturated rings. The van der Waals surface area contributed by atoms with Gasteiger partial charge in [0.15, 0.2) is 0 Å². The topological polar surface area (TPSA) is 61.5 Å². The van der Waals surface area contributed by atoms with E-state index in [1.807, 2.05) is 0 Å². The van der Waals surface area contributed by atoms with Crippen molar-refractivity contribution in [3.63, 3.8) is 0 Å². The molecule has 12 heavy (non-hydrogen) atoms. The average molecular weight is 173 g/mol. The first-order valence-electron chi connectivity index (χ1n) is 4.30. The minimum absolute atomic E-state index is 0.260. The number of hydrogen-bond donors (Lipinski definition) is 1. The predicted molar refractivity (Wildman–Crippen MR) is 43.3 cm³/mol. The van der Waals surface area contributed by atoms with Crippen molar-refractivity contribution < 1.29 is 14.3 Å². The Balaban J connectivity index is 2.19. The summed E-state index contributed by atoms with van der Waals surface area (Å²) in [5.41, 5.74) is 5.58. The van der Waals surface area contributed by atoms with Gasteiger partial charge in [0, 0.05) is 0 Å². The molecule has 4 nitrogen and oxygen atoms in total. The molecule has 1 saturated heterocycles. The molecule has 2 N–H and O–H groups in total. The van der Waals surface area contributed by atoms with Gasteiger partial charge in [0.05, 0.1) is 19.1 Å². The van der Waals surface area contributed by atoms with Crippen molar-refractivity contribution in [2.75, 3.05) is 6.61 Å². The first-order chi connectivity index (χ1) is 5.74. The third-order valence-corrected chi connectivity index (χ3v) is 1.78. The quantitative estimate of drug-likeness (QED) is 0.494. The Bertz CT molecular complexity index is 160. The number of nitrogens with two attached hydrogens (primary N) is 1. The summed E-state index contributed by atoms with van der Waals surface area (Å²) in [6, 6.07) is -0.283. The second kappa shape index (κ2) is 4.42. The average Bonchev–Trinajstić information content (AvgIpc) is 2.31. The maximum atomic E-state index is 10.7. The van der Waals surface area contributed by atoms with Crippen molar-refractivity contribution in [1.29, 1.82) is 0 Å². The molecular formula is C8H15NO3. The van der Waals surface area contributed by atoms with Gasteiger partial charge in [0.25, 0.3) is 0 Å². The van der Waals surface area contributed by atoms with Gasteiger partial charge >= 0.3 is 5.97 Å². The van der Waals surface area contributed by atoms with E-state index in [0.29, 0.717) is 6.61 Å². The van der Waals surface area contributed by atoms with Gasteiger partial charge < -0.3 is 15.2 Å². The number of unbranched alkanes of at least 4 members (excludes halogenated alkanes) is 1. The molecule has 1 heterocycles. The lowest BCUT2D eigenvalue weighted by atomic mass is 10.2. The van der Waals surface area contributed by atoms with Crippen molar-refractivity contribution in [2.24, 2.45) is 5.73 Å². The summed E-state index contributed by atoms with van der Waals surface area (Å²) in [5, 5.41) is 0. The molecule has 0 aromatic rings. The molecular weight excluding hydrogens is 158 g/mol. The normalized spacial score (nSPS) is 29.0. The monoisotopic (exact) mass is 173 g/mol. The summed E-state index contributed by atoms with van der Waals surface area (Å²) in [4.78, 5) is 10.7. The second-order valence-electron chi connectivity index (χ2n) is 2.95. The van der Waals surface area contributed by atoms with Crippen molar-refractivity contribution in [1.82, 2.24) is 0 Å². The lowest BCUT2D eigenvalue weighted by molar-refractivity contribution is -0.163. The van der Waals surface area contributed by atoms with E-state index >= 15 is 0 Å². The number of carbonyl (C=O) groups is 1. The Kier molecular flexibility index (Phi) is 3.49. The highest BCUT2D eigenvalue weighted by atomic mass is 16.7. The molecule has 1 aliphatic heterocycles. The number of hydrogen-bond acceptors (Lipinski definition) is 4. The molecule has 0 spiro atoms. The molecule has 0 radical (unpaired) electrons. The van der Waals surface area contributed by atoms with Crippen LogP contribution in [0, 0.1) is 0 Å². The SMILES string of the molecule is CCCCOC1OC(=O)CC1N. The molecule has 0 aliphatic carbocycles. The van der Waals surface area contributed by atoms with E-state index in [1.54, 1.807) is 0 Å². The van der Waals surface area contributed by atoms with E-state index in [-0.39, 0.29) is 18.4 Å². The molecule has 1 rings (SSSR count). The highest BCUT2D eigenvalue weighted by Crippen LogP contribution is 2.14. The predicted octanol–water partition coefficient (Wildman–Crippen LogP) is 0.403. The first kappa shape index (κ1) is 9.48. The van der Waals surface area contributed by atoms with Gasteiger partial charge in [-0.05, 0) is 6.42 Å². The fourth-order valence-corrected chi connectivity index (χ4v) is 1.06. The lowest BCUT2D eigenvalue weighted by Gasteiger charge is -2.13. The van der Waals surface area contributed by atoms with Crippen molar-refractivity contribution in [2.45, 2.75) is 38.5 Å². The molecule has 4 heteroatoms. The van der Waals surface area contributed by atoms with E-state index in [2.05, 4.69) is 6.92 Å². The van der Waals surface area contributed by atoms with E-state index in [4.69, 9.17) is 15.2 Å². The van der Waals surface area contributed by atoms with Gasteiger partial charge in [0.1, 0.15) is 0 Å². The van der Waals surface area contributed by atoms with Crippen LogP contribution < -0.4 is 5.73 Å². The molecule has 1 aliphatic rings. The summed E-state index contributed by atoms with van der Waals surface area (Å²) in [6.07, 6.45) is 1.80. The molecule has 2 unspecified atom stereocenters. The molecule has 70 valence electrons. The first-order valence-corrected chi connectivity index (χ1v) is 4.30. The van der Waals surface area contributed by atoms with E-state index in [9.17, 15) is 4.79 Å². The number of rotatable bonds is 4. The number of cyclic esters (lactones) is 1. The van der Waals surface area contributed by atoms with Crippen molar-refractivity contribution in [3.05, 3.63) is 0 Å². The smallest absolute Gasteiger partial charge is 0.309 e. The van der Waals surface area contributed by atoms with Crippen LogP contribution in [0.5, 0.6) is 0 Å². The van der Waals surface area contributed by atoms with Crippen LogP contribution >= 0.6 is 0 Å². The third kappa shape index (κ3) is 2.46. The summed E-state index contributed by atoms with van der Waals surface area (Å²) in [6.45, 7) is 2.69. The van der Waals surface area contributed by atoms with Crippen LogP contribution in [0.15, 0.2) is 0 Å². The molecule has 0 saturated carbocycles. The maximum absolute atomic E-state index is 10.7. The molecule has 0 aromatic carbocycles. The van der Waals surface area contributed by atoms with Gasteiger partial charge in [0.2, 0.25) is 6.29 Å².